The van der Waals surface area contributed by atoms with Gasteiger partial charge in [-0.25, -0.2) is 0 Å². The van der Waals surface area contributed by atoms with Crippen LogP contribution in [0, 0.1) is 0 Å². The van der Waals surface area contributed by atoms with Crippen LogP contribution in [0.1, 0.15) is 45.4 Å². The van der Waals surface area contributed by atoms with Crippen molar-refractivity contribution in [3.05, 3.63) is 24.3 Å². The van der Waals surface area contributed by atoms with Gasteiger partial charge < -0.3 is 25.0 Å². The van der Waals surface area contributed by atoms with Gasteiger partial charge in [-0.2, -0.15) is 0 Å². The highest BCUT2D eigenvalue weighted by Gasteiger charge is 2.39. The fourth-order valence-electron chi connectivity index (χ4n) is 4.70. The SMILES string of the molecule is CCNC(=NCC1(N2CCCCC2)CCN(C)CC1)Nc1cccc(OCCCOC)c1. The van der Waals surface area contributed by atoms with Crippen molar-refractivity contribution < 1.29 is 9.47 Å². The number of aliphatic imine (C=N–C) groups is 1. The Hall–Kier alpha value is -1.83. The molecule has 2 saturated heterocycles. The van der Waals surface area contributed by atoms with E-state index in [1.165, 1.54) is 45.2 Å². The molecule has 0 spiro atoms. The first-order valence-electron chi connectivity index (χ1n) is 12.4. The fraction of sp³-hybridized carbons (Fsp3) is 0.720. The maximum absolute atomic E-state index is 5.86. The third-order valence-electron chi connectivity index (χ3n) is 6.68. The molecular weight excluding hydrogens is 402 g/mol. The van der Waals surface area contributed by atoms with Gasteiger partial charge in [0.15, 0.2) is 5.96 Å². The molecule has 0 unspecified atom stereocenters. The molecule has 7 nitrogen and oxygen atoms in total. The van der Waals surface area contributed by atoms with E-state index in [2.05, 4.69) is 40.5 Å². The van der Waals surface area contributed by atoms with E-state index in [0.29, 0.717) is 13.2 Å². The van der Waals surface area contributed by atoms with Crippen molar-refractivity contribution in [1.29, 1.82) is 0 Å². The smallest absolute Gasteiger partial charge is 0.195 e. The van der Waals surface area contributed by atoms with Crippen LogP contribution in [0.5, 0.6) is 5.75 Å². The summed E-state index contributed by atoms with van der Waals surface area (Å²) in [5.41, 5.74) is 1.17. The lowest BCUT2D eigenvalue weighted by molar-refractivity contribution is 0.0208. The van der Waals surface area contributed by atoms with E-state index in [4.69, 9.17) is 14.5 Å². The molecule has 2 aliphatic rings. The fourth-order valence-corrected chi connectivity index (χ4v) is 4.70. The van der Waals surface area contributed by atoms with Gasteiger partial charge in [-0.3, -0.25) is 9.89 Å². The predicted molar refractivity (Wildman–Crippen MR) is 133 cm³/mol. The molecule has 0 amide bonds. The van der Waals surface area contributed by atoms with Crippen LogP contribution in [-0.4, -0.2) is 87.9 Å². The average molecular weight is 446 g/mol. The number of hydrogen-bond donors (Lipinski definition) is 2. The van der Waals surface area contributed by atoms with Gasteiger partial charge in [0.25, 0.3) is 0 Å². The van der Waals surface area contributed by atoms with Gasteiger partial charge in [0.05, 0.1) is 13.2 Å². The minimum Gasteiger partial charge on any atom is -0.493 e. The van der Waals surface area contributed by atoms with E-state index in [1.807, 2.05) is 18.2 Å². The predicted octanol–water partition coefficient (Wildman–Crippen LogP) is 3.43. The van der Waals surface area contributed by atoms with Crippen LogP contribution in [0.15, 0.2) is 29.3 Å². The number of benzene rings is 1. The number of ether oxygens (including phenoxy) is 2. The molecule has 3 rings (SSSR count). The second-order valence-corrected chi connectivity index (χ2v) is 9.12. The van der Waals surface area contributed by atoms with Gasteiger partial charge in [-0.15, -0.1) is 0 Å². The Morgan fingerprint density at radius 2 is 1.88 bits per heavy atom. The zero-order valence-electron chi connectivity index (χ0n) is 20.4. The maximum atomic E-state index is 5.86. The van der Waals surface area contributed by atoms with Crippen molar-refractivity contribution in [2.75, 3.05) is 72.0 Å². The Kier molecular flexibility index (Phi) is 10.1. The van der Waals surface area contributed by atoms with Crippen molar-refractivity contribution in [3.8, 4) is 5.75 Å². The summed E-state index contributed by atoms with van der Waals surface area (Å²) < 4.78 is 11.0. The average Bonchev–Trinajstić information content (AvgIpc) is 2.83. The third kappa shape index (κ3) is 7.36. The molecule has 2 heterocycles. The first-order chi connectivity index (χ1) is 15.6. The Morgan fingerprint density at radius 3 is 2.59 bits per heavy atom. The van der Waals surface area contributed by atoms with Gasteiger partial charge >= 0.3 is 0 Å². The molecule has 180 valence electrons. The van der Waals surface area contributed by atoms with Crippen LogP contribution < -0.4 is 15.4 Å². The largest absolute Gasteiger partial charge is 0.493 e. The first-order valence-corrected chi connectivity index (χ1v) is 12.4. The number of rotatable bonds is 10. The Labute approximate surface area is 194 Å². The maximum Gasteiger partial charge on any atom is 0.195 e. The molecule has 1 aromatic rings. The van der Waals surface area contributed by atoms with E-state index < -0.39 is 0 Å². The van der Waals surface area contributed by atoms with Gasteiger partial charge in [0, 0.05) is 44.0 Å². The van der Waals surface area contributed by atoms with E-state index in [1.54, 1.807) is 7.11 Å². The summed E-state index contributed by atoms with van der Waals surface area (Å²) in [5, 5.41) is 6.93. The molecule has 0 radical (unpaired) electrons. The monoisotopic (exact) mass is 445 g/mol. The van der Waals surface area contributed by atoms with Crippen molar-refractivity contribution >= 4 is 11.6 Å². The molecule has 2 N–H and O–H groups in total. The second kappa shape index (κ2) is 13.0. The van der Waals surface area contributed by atoms with Crippen LogP contribution in [-0.2, 0) is 4.74 Å². The Bertz CT molecular complexity index is 697. The van der Waals surface area contributed by atoms with Crippen molar-refractivity contribution in [1.82, 2.24) is 15.1 Å². The van der Waals surface area contributed by atoms with E-state index in [-0.39, 0.29) is 5.54 Å². The normalized spacial score (nSPS) is 20.2. The van der Waals surface area contributed by atoms with E-state index in [9.17, 15) is 0 Å². The summed E-state index contributed by atoms with van der Waals surface area (Å²) in [6.45, 7) is 9.88. The standard InChI is InChI=1S/C25H43N5O2/c1-4-26-24(28-22-10-8-11-23(20-22)32-19-9-18-31-3)27-21-25(12-16-29(2)17-13-25)30-14-6-5-7-15-30/h8,10-11,20H,4-7,9,12-19,21H2,1-3H3,(H2,26,27,28). The molecule has 0 aromatic heterocycles. The lowest BCUT2D eigenvalue weighted by Crippen LogP contribution is -2.58. The topological polar surface area (TPSA) is 61.4 Å². The molecule has 0 aliphatic carbocycles. The lowest BCUT2D eigenvalue weighted by atomic mass is 9.84. The minimum atomic E-state index is 0.182. The van der Waals surface area contributed by atoms with Crippen LogP contribution in [0.3, 0.4) is 0 Å². The highest BCUT2D eigenvalue weighted by Crippen LogP contribution is 2.31. The number of hydrogen-bond acceptors (Lipinski definition) is 5. The van der Waals surface area contributed by atoms with Gasteiger partial charge in [0.2, 0.25) is 0 Å². The summed E-state index contributed by atoms with van der Waals surface area (Å²) >= 11 is 0. The number of methoxy groups -OCH3 is 1. The van der Waals surface area contributed by atoms with Crippen molar-refractivity contribution in [2.24, 2.45) is 4.99 Å². The first kappa shape index (κ1) is 24.8. The Balaban J connectivity index is 1.67. The summed E-state index contributed by atoms with van der Waals surface area (Å²) in [6, 6.07) is 8.11. The molecule has 0 atom stereocenters. The Morgan fingerprint density at radius 1 is 1.09 bits per heavy atom. The lowest BCUT2D eigenvalue weighted by Gasteiger charge is -2.49. The summed E-state index contributed by atoms with van der Waals surface area (Å²) in [5.74, 6) is 1.71. The molecule has 2 fully saturated rings. The second-order valence-electron chi connectivity index (χ2n) is 9.12. The van der Waals surface area contributed by atoms with Crippen LogP contribution in [0.4, 0.5) is 5.69 Å². The highest BCUT2D eigenvalue weighted by molar-refractivity contribution is 5.93. The van der Waals surface area contributed by atoms with Gasteiger partial charge in [0.1, 0.15) is 5.75 Å². The summed E-state index contributed by atoms with van der Waals surface area (Å²) in [6.07, 6.45) is 7.26. The molecule has 7 heteroatoms. The van der Waals surface area contributed by atoms with Crippen LogP contribution in [0.25, 0.3) is 0 Å². The van der Waals surface area contributed by atoms with Crippen molar-refractivity contribution in [2.45, 2.75) is 51.0 Å². The highest BCUT2D eigenvalue weighted by atomic mass is 16.5. The van der Waals surface area contributed by atoms with Crippen molar-refractivity contribution in [3.63, 3.8) is 0 Å². The molecule has 2 aliphatic heterocycles. The zero-order valence-corrected chi connectivity index (χ0v) is 20.4. The molecule has 1 aromatic carbocycles. The van der Waals surface area contributed by atoms with E-state index >= 15 is 0 Å². The minimum absolute atomic E-state index is 0.182. The number of guanidine groups is 1. The number of nitrogens with zero attached hydrogens (tertiary/aromatic N) is 3. The van der Waals surface area contributed by atoms with Crippen LogP contribution in [0.2, 0.25) is 0 Å². The summed E-state index contributed by atoms with van der Waals surface area (Å²) in [7, 11) is 3.95. The number of nitrogens with one attached hydrogen (secondary N) is 2. The molecular formula is C25H43N5O2. The third-order valence-corrected chi connectivity index (χ3v) is 6.68. The van der Waals surface area contributed by atoms with Crippen LogP contribution >= 0.6 is 0 Å². The van der Waals surface area contributed by atoms with Gasteiger partial charge in [-0.05, 0) is 78.0 Å². The zero-order chi connectivity index (χ0) is 22.7. The molecule has 0 saturated carbocycles. The summed E-state index contributed by atoms with van der Waals surface area (Å²) in [4.78, 5) is 10.3. The molecule has 0 bridgehead atoms. The molecule has 32 heavy (non-hydrogen) atoms. The van der Waals surface area contributed by atoms with E-state index in [0.717, 1.165) is 50.0 Å². The quantitative estimate of drug-likeness (QED) is 0.327. The number of anilines is 1. The van der Waals surface area contributed by atoms with Gasteiger partial charge in [-0.1, -0.05) is 12.5 Å². The number of likely N-dealkylation sites (tertiary alicyclic amines) is 2. The number of piperidine rings is 2.